The first-order valence-corrected chi connectivity index (χ1v) is 6.28. The van der Waals surface area contributed by atoms with E-state index in [9.17, 15) is 0 Å². The van der Waals surface area contributed by atoms with Gasteiger partial charge < -0.3 is 16.4 Å². The molecule has 0 aromatic carbocycles. The molecule has 0 radical (unpaired) electrons. The molecule has 3 aromatic rings. The standard InChI is InChI=1S/C14H13N7/c15-12-13(20-10-4-7-16-8-5-10)18-9-19-14(12)21-11-3-1-2-6-17-11/h1-9H,15H2,(H2,16,17,18,19,20,21). The Hall–Kier alpha value is -3.22. The van der Waals surface area contributed by atoms with Crippen LogP contribution in [-0.2, 0) is 0 Å². The van der Waals surface area contributed by atoms with E-state index in [2.05, 4.69) is 30.6 Å². The van der Waals surface area contributed by atoms with E-state index in [0.29, 0.717) is 23.1 Å². The normalized spacial score (nSPS) is 10.1. The van der Waals surface area contributed by atoms with E-state index in [1.807, 2.05) is 30.3 Å². The summed E-state index contributed by atoms with van der Waals surface area (Å²) in [5.74, 6) is 1.69. The van der Waals surface area contributed by atoms with Gasteiger partial charge in [-0.15, -0.1) is 0 Å². The van der Waals surface area contributed by atoms with Crippen LogP contribution >= 0.6 is 0 Å². The minimum atomic E-state index is 0.417. The molecule has 0 amide bonds. The van der Waals surface area contributed by atoms with Gasteiger partial charge in [0, 0.05) is 24.3 Å². The molecule has 4 N–H and O–H groups in total. The van der Waals surface area contributed by atoms with Gasteiger partial charge in [0.1, 0.15) is 17.8 Å². The fraction of sp³-hybridized carbons (Fsp3) is 0. The van der Waals surface area contributed by atoms with Gasteiger partial charge in [0.05, 0.1) is 0 Å². The number of nitrogens with two attached hydrogens (primary N) is 1. The first-order chi connectivity index (χ1) is 10.3. The number of hydrogen-bond donors (Lipinski definition) is 3. The molecule has 3 heterocycles. The molecular formula is C14H13N7. The average molecular weight is 279 g/mol. The molecule has 3 rings (SSSR count). The van der Waals surface area contributed by atoms with E-state index in [1.54, 1.807) is 18.6 Å². The summed E-state index contributed by atoms with van der Waals surface area (Å²) in [5.41, 5.74) is 7.35. The molecule has 0 saturated carbocycles. The Morgan fingerprint density at radius 2 is 1.57 bits per heavy atom. The molecule has 0 bridgehead atoms. The zero-order valence-electron chi connectivity index (χ0n) is 11.1. The summed E-state index contributed by atoms with van der Waals surface area (Å²) < 4.78 is 0. The lowest BCUT2D eigenvalue weighted by Gasteiger charge is -2.11. The molecule has 0 fully saturated rings. The second kappa shape index (κ2) is 5.83. The first-order valence-electron chi connectivity index (χ1n) is 6.28. The third-order valence-corrected chi connectivity index (χ3v) is 2.74. The van der Waals surface area contributed by atoms with Gasteiger partial charge in [0.25, 0.3) is 0 Å². The van der Waals surface area contributed by atoms with Crippen molar-refractivity contribution < 1.29 is 0 Å². The minimum Gasteiger partial charge on any atom is -0.393 e. The highest BCUT2D eigenvalue weighted by atomic mass is 15.1. The molecule has 3 aromatic heterocycles. The number of nitrogen functional groups attached to an aromatic ring is 1. The summed E-state index contributed by atoms with van der Waals surface area (Å²) in [7, 11) is 0. The first kappa shape index (κ1) is 12.8. The highest BCUT2D eigenvalue weighted by molar-refractivity contribution is 5.79. The predicted octanol–water partition coefficient (Wildman–Crippen LogP) is 2.34. The summed E-state index contributed by atoms with van der Waals surface area (Å²) in [6, 6.07) is 9.20. The van der Waals surface area contributed by atoms with Crippen LogP contribution in [0.25, 0.3) is 0 Å². The molecule has 0 saturated heterocycles. The van der Waals surface area contributed by atoms with E-state index in [4.69, 9.17) is 5.73 Å². The van der Waals surface area contributed by atoms with E-state index in [0.717, 1.165) is 5.69 Å². The number of rotatable bonds is 4. The molecule has 0 atom stereocenters. The summed E-state index contributed by atoms with van der Waals surface area (Å²) in [6.07, 6.45) is 6.50. The largest absolute Gasteiger partial charge is 0.393 e. The Bertz CT molecular complexity index is 656. The van der Waals surface area contributed by atoms with Crippen LogP contribution < -0.4 is 16.4 Å². The quantitative estimate of drug-likeness (QED) is 0.673. The van der Waals surface area contributed by atoms with E-state index >= 15 is 0 Å². The zero-order chi connectivity index (χ0) is 14.5. The summed E-state index contributed by atoms with van der Waals surface area (Å²) in [5, 5.41) is 6.18. The highest BCUT2D eigenvalue weighted by Crippen LogP contribution is 2.27. The number of hydrogen-bond acceptors (Lipinski definition) is 7. The second-order valence-corrected chi connectivity index (χ2v) is 4.19. The maximum Gasteiger partial charge on any atom is 0.160 e. The number of nitrogens with one attached hydrogen (secondary N) is 2. The van der Waals surface area contributed by atoms with Gasteiger partial charge >= 0.3 is 0 Å². The maximum atomic E-state index is 6.09. The topological polar surface area (TPSA) is 102 Å². The number of anilines is 5. The lowest BCUT2D eigenvalue weighted by molar-refractivity contribution is 1.16. The van der Waals surface area contributed by atoms with Crippen molar-refractivity contribution in [1.29, 1.82) is 0 Å². The Labute approximate surface area is 121 Å². The Balaban J connectivity index is 1.85. The van der Waals surface area contributed by atoms with Crippen LogP contribution in [0, 0.1) is 0 Å². The van der Waals surface area contributed by atoms with Gasteiger partial charge in [-0.3, -0.25) is 4.98 Å². The third-order valence-electron chi connectivity index (χ3n) is 2.74. The van der Waals surface area contributed by atoms with Crippen molar-refractivity contribution in [1.82, 2.24) is 19.9 Å². The fourth-order valence-corrected chi connectivity index (χ4v) is 1.72. The van der Waals surface area contributed by atoms with Gasteiger partial charge in [0.15, 0.2) is 11.6 Å². The van der Waals surface area contributed by atoms with Crippen molar-refractivity contribution in [3.63, 3.8) is 0 Å². The monoisotopic (exact) mass is 279 g/mol. The van der Waals surface area contributed by atoms with Gasteiger partial charge in [-0.1, -0.05) is 6.07 Å². The van der Waals surface area contributed by atoms with E-state index < -0.39 is 0 Å². The Morgan fingerprint density at radius 3 is 2.29 bits per heavy atom. The fourth-order valence-electron chi connectivity index (χ4n) is 1.72. The molecule has 21 heavy (non-hydrogen) atoms. The van der Waals surface area contributed by atoms with Crippen molar-refractivity contribution >= 4 is 28.8 Å². The van der Waals surface area contributed by atoms with Crippen molar-refractivity contribution in [2.45, 2.75) is 0 Å². The predicted molar refractivity (Wildman–Crippen MR) is 81.5 cm³/mol. The molecule has 0 spiro atoms. The lowest BCUT2D eigenvalue weighted by Crippen LogP contribution is -2.05. The molecule has 0 unspecified atom stereocenters. The molecule has 0 aliphatic carbocycles. The van der Waals surface area contributed by atoms with Gasteiger partial charge in [-0.2, -0.15) is 0 Å². The molecule has 0 aliphatic rings. The summed E-state index contributed by atoms with van der Waals surface area (Å²) >= 11 is 0. The van der Waals surface area contributed by atoms with Gasteiger partial charge in [0.2, 0.25) is 0 Å². The van der Waals surface area contributed by atoms with Gasteiger partial charge in [-0.05, 0) is 24.3 Å². The number of pyridine rings is 2. The number of aromatic nitrogens is 4. The molecule has 104 valence electrons. The van der Waals surface area contributed by atoms with Crippen LogP contribution in [0.3, 0.4) is 0 Å². The lowest BCUT2D eigenvalue weighted by atomic mass is 10.3. The van der Waals surface area contributed by atoms with E-state index in [-0.39, 0.29) is 0 Å². The zero-order valence-corrected chi connectivity index (χ0v) is 11.1. The average Bonchev–Trinajstić information content (AvgIpc) is 2.53. The molecule has 7 heteroatoms. The smallest absolute Gasteiger partial charge is 0.160 e. The van der Waals surface area contributed by atoms with Crippen molar-refractivity contribution in [3.8, 4) is 0 Å². The van der Waals surface area contributed by atoms with Gasteiger partial charge in [-0.25, -0.2) is 15.0 Å². The summed E-state index contributed by atoms with van der Waals surface area (Å²) in [4.78, 5) is 16.4. The minimum absolute atomic E-state index is 0.417. The molecule has 7 nitrogen and oxygen atoms in total. The van der Waals surface area contributed by atoms with Crippen molar-refractivity contribution in [3.05, 3.63) is 55.2 Å². The molecular weight excluding hydrogens is 266 g/mol. The van der Waals surface area contributed by atoms with Crippen LogP contribution in [0.4, 0.5) is 28.8 Å². The second-order valence-electron chi connectivity index (χ2n) is 4.19. The molecule has 0 aliphatic heterocycles. The Morgan fingerprint density at radius 1 is 0.810 bits per heavy atom. The van der Waals surface area contributed by atoms with Crippen LogP contribution in [0.2, 0.25) is 0 Å². The Kier molecular flexibility index (Phi) is 3.55. The third kappa shape index (κ3) is 3.03. The van der Waals surface area contributed by atoms with Crippen molar-refractivity contribution in [2.24, 2.45) is 0 Å². The SMILES string of the molecule is Nc1c(Nc2ccncc2)ncnc1Nc1ccccn1. The van der Waals surface area contributed by atoms with Crippen LogP contribution in [0.1, 0.15) is 0 Å². The van der Waals surface area contributed by atoms with Crippen LogP contribution in [0.15, 0.2) is 55.2 Å². The van der Waals surface area contributed by atoms with Crippen molar-refractivity contribution in [2.75, 3.05) is 16.4 Å². The highest BCUT2D eigenvalue weighted by Gasteiger charge is 2.08. The number of nitrogens with zero attached hydrogens (tertiary/aromatic N) is 4. The summed E-state index contributed by atoms with van der Waals surface area (Å²) in [6.45, 7) is 0. The maximum absolute atomic E-state index is 6.09. The van der Waals surface area contributed by atoms with Crippen LogP contribution in [-0.4, -0.2) is 19.9 Å². The van der Waals surface area contributed by atoms with E-state index in [1.165, 1.54) is 6.33 Å². The van der Waals surface area contributed by atoms with Crippen LogP contribution in [0.5, 0.6) is 0 Å².